The molecule has 0 nitrogen and oxygen atoms in total. The van der Waals surface area contributed by atoms with Crippen molar-refractivity contribution in [3.8, 4) is 22.3 Å². The summed E-state index contributed by atoms with van der Waals surface area (Å²) >= 11 is 0. The lowest BCUT2D eigenvalue weighted by molar-refractivity contribution is 1.34. The van der Waals surface area contributed by atoms with E-state index in [0.717, 1.165) is 0 Å². The summed E-state index contributed by atoms with van der Waals surface area (Å²) in [5, 5.41) is 1.26. The van der Waals surface area contributed by atoms with Crippen molar-refractivity contribution in [2.24, 2.45) is 0 Å². The Hall–Kier alpha value is -1.91. The Kier molecular flexibility index (Phi) is 4.37. The van der Waals surface area contributed by atoms with Crippen molar-refractivity contribution in [1.82, 2.24) is 0 Å². The van der Waals surface area contributed by atoms with Gasteiger partial charge >= 0.3 is 0 Å². The van der Waals surface area contributed by atoms with E-state index in [9.17, 15) is 0 Å². The molecule has 0 amide bonds. The zero-order valence-electron chi connectivity index (χ0n) is 14.3. The third-order valence-corrected chi connectivity index (χ3v) is 5.30. The Balaban J connectivity index is 2.03. The van der Waals surface area contributed by atoms with E-state index in [1.165, 1.54) is 49.8 Å². The average molecular weight is 318 g/mol. The second kappa shape index (κ2) is 6.30. The van der Waals surface area contributed by atoms with Crippen LogP contribution >= 0.6 is 9.24 Å². The van der Waals surface area contributed by atoms with Crippen molar-refractivity contribution in [2.45, 2.75) is 27.7 Å². The molecule has 0 fully saturated rings. The van der Waals surface area contributed by atoms with Crippen molar-refractivity contribution >= 4 is 14.5 Å². The third-order valence-electron chi connectivity index (χ3n) is 4.65. The number of hydrogen-bond acceptors (Lipinski definition) is 0. The molecule has 3 aromatic rings. The maximum Gasteiger partial charge on any atom is -0.0154 e. The molecule has 0 heterocycles. The Labute approximate surface area is 141 Å². The zero-order valence-corrected chi connectivity index (χ0v) is 15.4. The fraction of sp³-hybridized carbons (Fsp3) is 0.182. The molecule has 0 aromatic heterocycles. The van der Waals surface area contributed by atoms with Gasteiger partial charge in [0.05, 0.1) is 0 Å². The average Bonchev–Trinajstić information content (AvgIpc) is 2.53. The van der Waals surface area contributed by atoms with Crippen LogP contribution in [0.5, 0.6) is 0 Å². The first-order chi connectivity index (χ1) is 11.0. The lowest BCUT2D eigenvalue weighted by Gasteiger charge is -2.12. The molecule has 1 heteroatoms. The van der Waals surface area contributed by atoms with Gasteiger partial charge in [-0.3, -0.25) is 0 Å². The highest BCUT2D eigenvalue weighted by atomic mass is 31.0. The molecule has 0 saturated carbocycles. The molecule has 0 spiro atoms. The predicted molar refractivity (Wildman–Crippen MR) is 106 cm³/mol. The molecule has 0 aliphatic rings. The summed E-state index contributed by atoms with van der Waals surface area (Å²) in [6.07, 6.45) is 0. The van der Waals surface area contributed by atoms with Gasteiger partial charge < -0.3 is 0 Å². The molecular weight excluding hydrogens is 295 g/mol. The molecular formula is C22H23P. The van der Waals surface area contributed by atoms with Crippen molar-refractivity contribution < 1.29 is 0 Å². The van der Waals surface area contributed by atoms with Gasteiger partial charge in [-0.15, -0.1) is 9.24 Å². The summed E-state index contributed by atoms with van der Waals surface area (Å²) in [5.74, 6) is 0. The van der Waals surface area contributed by atoms with Gasteiger partial charge in [-0.25, -0.2) is 0 Å². The number of rotatable bonds is 2. The quantitative estimate of drug-likeness (QED) is 0.527. The first kappa shape index (κ1) is 16.0. The van der Waals surface area contributed by atoms with E-state index < -0.39 is 0 Å². The van der Waals surface area contributed by atoms with Crippen molar-refractivity contribution in [3.05, 3.63) is 76.9 Å². The first-order valence-electron chi connectivity index (χ1n) is 8.00. The molecule has 1 atom stereocenters. The minimum absolute atomic E-state index is 1.26. The summed E-state index contributed by atoms with van der Waals surface area (Å²) in [6, 6.07) is 20.1. The molecule has 116 valence electrons. The van der Waals surface area contributed by atoms with E-state index in [4.69, 9.17) is 0 Å². The lowest BCUT2D eigenvalue weighted by atomic mass is 9.94. The minimum atomic E-state index is 1.26. The van der Waals surface area contributed by atoms with E-state index in [0.29, 0.717) is 0 Å². The normalized spacial score (nSPS) is 10.8. The fourth-order valence-corrected chi connectivity index (χ4v) is 3.11. The molecule has 0 bridgehead atoms. The number of hydrogen-bond donors (Lipinski definition) is 0. The highest BCUT2D eigenvalue weighted by Crippen LogP contribution is 2.29. The van der Waals surface area contributed by atoms with Crippen molar-refractivity contribution in [1.29, 1.82) is 0 Å². The van der Waals surface area contributed by atoms with Gasteiger partial charge in [0.1, 0.15) is 0 Å². The molecule has 0 N–H and O–H groups in total. The summed E-state index contributed by atoms with van der Waals surface area (Å²) < 4.78 is 0. The fourth-order valence-electron chi connectivity index (χ4n) is 2.93. The van der Waals surface area contributed by atoms with Crippen LogP contribution in [-0.4, -0.2) is 0 Å². The molecule has 0 saturated heterocycles. The summed E-state index contributed by atoms with van der Waals surface area (Å²) in [6.45, 7) is 8.69. The highest BCUT2D eigenvalue weighted by molar-refractivity contribution is 7.27. The van der Waals surface area contributed by atoms with E-state index >= 15 is 0 Å². The van der Waals surface area contributed by atoms with E-state index in [1.54, 1.807) is 0 Å². The van der Waals surface area contributed by atoms with Gasteiger partial charge in [-0.2, -0.15) is 0 Å². The van der Waals surface area contributed by atoms with Crippen LogP contribution in [0.1, 0.15) is 22.3 Å². The van der Waals surface area contributed by atoms with Crippen LogP contribution in [0.15, 0.2) is 54.6 Å². The summed E-state index contributed by atoms with van der Waals surface area (Å²) in [7, 11) is 2.79. The molecule has 3 aromatic carbocycles. The molecule has 0 aliphatic heterocycles. The largest absolute Gasteiger partial charge is 0.105 e. The monoisotopic (exact) mass is 318 g/mol. The Morgan fingerprint density at radius 3 is 1.70 bits per heavy atom. The van der Waals surface area contributed by atoms with E-state index in [1.807, 2.05) is 0 Å². The maximum absolute atomic E-state index is 2.79. The minimum Gasteiger partial charge on any atom is -0.105 e. The molecule has 1 unspecified atom stereocenters. The van der Waals surface area contributed by atoms with Gasteiger partial charge in [0.2, 0.25) is 0 Å². The zero-order chi connectivity index (χ0) is 16.6. The van der Waals surface area contributed by atoms with Crippen LogP contribution in [0, 0.1) is 27.7 Å². The van der Waals surface area contributed by atoms with Crippen LogP contribution in [0.3, 0.4) is 0 Å². The summed E-state index contributed by atoms with van der Waals surface area (Å²) in [5.41, 5.74) is 10.5. The topological polar surface area (TPSA) is 0 Å². The Bertz CT molecular complexity index is 875. The number of aryl methyl sites for hydroxylation is 4. The third kappa shape index (κ3) is 3.23. The second-order valence-corrected chi connectivity index (χ2v) is 7.02. The molecule has 3 rings (SSSR count). The van der Waals surface area contributed by atoms with Gasteiger partial charge in [0, 0.05) is 0 Å². The van der Waals surface area contributed by atoms with Crippen molar-refractivity contribution in [3.63, 3.8) is 0 Å². The molecule has 23 heavy (non-hydrogen) atoms. The van der Waals surface area contributed by atoms with Crippen LogP contribution in [0.25, 0.3) is 22.3 Å². The van der Waals surface area contributed by atoms with Crippen molar-refractivity contribution in [2.75, 3.05) is 0 Å². The molecule has 0 aliphatic carbocycles. The Morgan fingerprint density at radius 2 is 1.09 bits per heavy atom. The number of benzene rings is 3. The van der Waals surface area contributed by atoms with Crippen LogP contribution in [-0.2, 0) is 0 Å². The second-order valence-electron chi connectivity index (χ2n) is 6.40. The first-order valence-corrected chi connectivity index (χ1v) is 8.58. The van der Waals surface area contributed by atoms with Gasteiger partial charge in [-0.05, 0) is 77.5 Å². The standard InChI is InChI=1S/C22H23P/c1-14-5-6-18(11-15(14)2)19-7-9-21(16(3)12-19)20-8-10-22(23)17(4)13-20/h5-13H,23H2,1-4H3. The smallest absolute Gasteiger partial charge is 0.0154 e. The van der Waals surface area contributed by atoms with Gasteiger partial charge in [0.25, 0.3) is 0 Å². The Morgan fingerprint density at radius 1 is 0.522 bits per heavy atom. The lowest BCUT2D eigenvalue weighted by Crippen LogP contribution is -1.96. The van der Waals surface area contributed by atoms with Crippen LogP contribution in [0.4, 0.5) is 0 Å². The van der Waals surface area contributed by atoms with Gasteiger partial charge in [-0.1, -0.05) is 54.6 Å². The van der Waals surface area contributed by atoms with Gasteiger partial charge in [0.15, 0.2) is 0 Å². The van der Waals surface area contributed by atoms with E-state index in [-0.39, 0.29) is 0 Å². The van der Waals surface area contributed by atoms with Crippen LogP contribution in [0.2, 0.25) is 0 Å². The highest BCUT2D eigenvalue weighted by Gasteiger charge is 2.06. The predicted octanol–water partition coefficient (Wildman–Crippen LogP) is 5.75. The van der Waals surface area contributed by atoms with E-state index in [2.05, 4.69) is 91.5 Å². The van der Waals surface area contributed by atoms with Crippen LogP contribution < -0.4 is 5.30 Å². The SMILES string of the molecule is Cc1ccc(-c2ccc(-c3ccc(P)c(C)c3)c(C)c2)cc1C. The maximum atomic E-state index is 2.79. The molecule has 0 radical (unpaired) electrons. The summed E-state index contributed by atoms with van der Waals surface area (Å²) in [4.78, 5) is 0.